The molecule has 1 amide bonds. The Balaban J connectivity index is 1.66. The van der Waals surface area contributed by atoms with Crippen LogP contribution in [0.2, 0.25) is 0 Å². The topological polar surface area (TPSA) is 89.0 Å². The fraction of sp³-hybridized carbons (Fsp3) is 0.258. The number of methoxy groups -OCH3 is 2. The Labute approximate surface area is 222 Å². The van der Waals surface area contributed by atoms with Gasteiger partial charge in [-0.15, -0.1) is 0 Å². The van der Waals surface area contributed by atoms with Gasteiger partial charge in [0.1, 0.15) is 11.6 Å². The number of hydrogen-bond donors (Lipinski definition) is 1. The molecule has 0 aliphatic carbocycles. The van der Waals surface area contributed by atoms with Crippen LogP contribution in [-0.2, 0) is 16.1 Å². The highest BCUT2D eigenvalue weighted by atomic mass is 16.5. The Morgan fingerprint density at radius 2 is 1.68 bits per heavy atom. The molecule has 0 radical (unpaired) electrons. The molecule has 196 valence electrons. The van der Waals surface area contributed by atoms with Crippen LogP contribution in [0.25, 0.3) is 21.9 Å². The number of benzene rings is 3. The van der Waals surface area contributed by atoms with Crippen LogP contribution in [0.4, 0.5) is 5.82 Å². The Kier molecular flexibility index (Phi) is 8.71. The molecular formula is C31H32N2O5. The molecule has 1 aromatic heterocycles. The lowest BCUT2D eigenvalue weighted by molar-refractivity contribution is -0.118. The van der Waals surface area contributed by atoms with E-state index in [1.165, 1.54) is 7.11 Å². The molecule has 1 heterocycles. The van der Waals surface area contributed by atoms with Gasteiger partial charge in [0.05, 0.1) is 26.3 Å². The molecule has 7 heteroatoms. The van der Waals surface area contributed by atoms with Gasteiger partial charge in [-0.3, -0.25) is 9.69 Å². The Hall–Kier alpha value is -4.23. The van der Waals surface area contributed by atoms with Crippen molar-refractivity contribution in [3.8, 4) is 16.9 Å². The van der Waals surface area contributed by atoms with Crippen LogP contribution >= 0.6 is 0 Å². The number of carbonyl (C=O) groups is 2. The summed E-state index contributed by atoms with van der Waals surface area (Å²) in [6.07, 6.45) is 3.07. The van der Waals surface area contributed by atoms with E-state index in [-0.39, 0.29) is 12.5 Å². The maximum Gasteiger partial charge on any atom is 0.337 e. The first-order valence-electron chi connectivity index (χ1n) is 12.6. The molecule has 0 bridgehead atoms. The van der Waals surface area contributed by atoms with Crippen molar-refractivity contribution in [1.82, 2.24) is 4.98 Å². The Morgan fingerprint density at radius 1 is 0.921 bits per heavy atom. The van der Waals surface area contributed by atoms with Crippen LogP contribution in [0, 0.1) is 6.92 Å². The summed E-state index contributed by atoms with van der Waals surface area (Å²) in [6, 6.07) is 21.2. The average molecular weight is 513 g/mol. The molecule has 0 saturated carbocycles. The molecule has 3 aromatic carbocycles. The number of amides is 1. The number of aromatic nitrogens is 1. The maximum absolute atomic E-state index is 13.4. The lowest BCUT2D eigenvalue weighted by Crippen LogP contribution is -2.31. The first-order valence-corrected chi connectivity index (χ1v) is 12.6. The van der Waals surface area contributed by atoms with Gasteiger partial charge in [-0.2, -0.15) is 0 Å². The first-order chi connectivity index (χ1) is 18.4. The normalized spacial score (nSPS) is 10.8. The van der Waals surface area contributed by atoms with Crippen LogP contribution in [-0.4, -0.2) is 42.8 Å². The highest BCUT2D eigenvalue weighted by Crippen LogP contribution is 2.30. The van der Waals surface area contributed by atoms with E-state index in [4.69, 9.17) is 9.47 Å². The standard InChI is InChI=1S/C31H32N2O5/c1-21-18-24(12-14-28(21)37-2)23-9-7-22(8-10-23)20-33(29(35)6-4-5-17-34)30-27-13-11-26(31(36)38-3)19-25(27)15-16-32-30/h7-16,18-19,34H,4-6,17,20H2,1-3H3. The summed E-state index contributed by atoms with van der Waals surface area (Å²) in [4.78, 5) is 31.7. The van der Waals surface area contributed by atoms with Gasteiger partial charge in [-0.1, -0.05) is 30.3 Å². The zero-order chi connectivity index (χ0) is 27.1. The van der Waals surface area contributed by atoms with Gasteiger partial charge in [0.25, 0.3) is 0 Å². The van der Waals surface area contributed by atoms with Crippen LogP contribution < -0.4 is 9.64 Å². The minimum absolute atomic E-state index is 0.0440. The SMILES string of the molecule is COC(=O)c1ccc2c(N(Cc3ccc(-c4ccc(OC)c(C)c4)cc3)C(=O)CCCCO)nccc2c1. The maximum atomic E-state index is 13.4. The van der Waals surface area contributed by atoms with Crippen LogP contribution in [0.1, 0.15) is 40.7 Å². The summed E-state index contributed by atoms with van der Waals surface area (Å²) in [5.74, 6) is 0.879. The van der Waals surface area contributed by atoms with Crippen LogP contribution in [0.5, 0.6) is 5.75 Å². The molecule has 1 N–H and O–H groups in total. The molecule has 0 aliphatic heterocycles. The number of aliphatic hydroxyl groups is 1. The number of hydrogen-bond acceptors (Lipinski definition) is 6. The first kappa shape index (κ1) is 26.8. The van der Waals surface area contributed by atoms with Crippen molar-refractivity contribution >= 4 is 28.5 Å². The molecule has 0 unspecified atom stereocenters. The average Bonchev–Trinajstić information content (AvgIpc) is 2.95. The van der Waals surface area contributed by atoms with E-state index in [2.05, 4.69) is 11.1 Å². The van der Waals surface area contributed by atoms with Gasteiger partial charge < -0.3 is 14.6 Å². The van der Waals surface area contributed by atoms with E-state index in [0.717, 1.165) is 38.8 Å². The number of unbranched alkanes of at least 4 members (excludes halogenated alkanes) is 1. The lowest BCUT2D eigenvalue weighted by Gasteiger charge is -2.24. The third-order valence-corrected chi connectivity index (χ3v) is 6.54. The summed E-state index contributed by atoms with van der Waals surface area (Å²) in [7, 11) is 3.01. The fourth-order valence-electron chi connectivity index (χ4n) is 4.47. The van der Waals surface area contributed by atoms with E-state index >= 15 is 0 Å². The number of ether oxygens (including phenoxy) is 2. The number of carbonyl (C=O) groups excluding carboxylic acids is 2. The van der Waals surface area contributed by atoms with E-state index in [1.807, 2.05) is 49.4 Å². The van der Waals surface area contributed by atoms with Gasteiger partial charge in [0.2, 0.25) is 5.91 Å². The summed E-state index contributed by atoms with van der Waals surface area (Å²) in [5, 5.41) is 10.7. The summed E-state index contributed by atoms with van der Waals surface area (Å²) < 4.78 is 10.2. The molecule has 7 nitrogen and oxygen atoms in total. The second-order valence-corrected chi connectivity index (χ2v) is 9.10. The molecule has 4 rings (SSSR count). The molecule has 0 atom stereocenters. The Bertz CT molecular complexity index is 1430. The third-order valence-electron chi connectivity index (χ3n) is 6.54. The monoisotopic (exact) mass is 512 g/mol. The number of anilines is 1. The van der Waals surface area contributed by atoms with E-state index in [9.17, 15) is 14.7 Å². The van der Waals surface area contributed by atoms with Crippen molar-refractivity contribution in [2.75, 3.05) is 25.7 Å². The van der Waals surface area contributed by atoms with E-state index in [1.54, 1.807) is 36.4 Å². The highest BCUT2D eigenvalue weighted by Gasteiger charge is 2.20. The van der Waals surface area contributed by atoms with Crippen LogP contribution in [0.15, 0.2) is 72.9 Å². The van der Waals surface area contributed by atoms with Gasteiger partial charge in [0, 0.05) is 24.6 Å². The smallest absolute Gasteiger partial charge is 0.337 e. The molecule has 0 spiro atoms. The van der Waals surface area contributed by atoms with Gasteiger partial charge >= 0.3 is 5.97 Å². The fourth-order valence-corrected chi connectivity index (χ4v) is 4.47. The largest absolute Gasteiger partial charge is 0.496 e. The molecule has 0 fully saturated rings. The van der Waals surface area contributed by atoms with Crippen molar-refractivity contribution in [2.24, 2.45) is 0 Å². The van der Waals surface area contributed by atoms with Gasteiger partial charge in [-0.05, 0) is 83.8 Å². The number of nitrogens with zero attached hydrogens (tertiary/aromatic N) is 2. The van der Waals surface area contributed by atoms with Crippen molar-refractivity contribution in [2.45, 2.75) is 32.7 Å². The zero-order valence-electron chi connectivity index (χ0n) is 21.9. The number of fused-ring (bicyclic) bond motifs is 1. The quantitative estimate of drug-likeness (QED) is 0.217. The summed E-state index contributed by atoms with van der Waals surface area (Å²) in [5.41, 5.74) is 4.61. The molecule has 4 aromatic rings. The predicted octanol–water partition coefficient (Wildman–Crippen LogP) is 5.70. The zero-order valence-corrected chi connectivity index (χ0v) is 21.9. The van der Waals surface area contributed by atoms with Crippen molar-refractivity contribution in [1.29, 1.82) is 0 Å². The number of aliphatic hydroxyl groups excluding tert-OH is 1. The minimum Gasteiger partial charge on any atom is -0.496 e. The van der Waals surface area contributed by atoms with E-state index in [0.29, 0.717) is 37.2 Å². The number of esters is 1. The molecular weight excluding hydrogens is 480 g/mol. The van der Waals surface area contributed by atoms with Gasteiger partial charge in [-0.25, -0.2) is 9.78 Å². The lowest BCUT2D eigenvalue weighted by atomic mass is 10.0. The third kappa shape index (κ3) is 6.01. The second kappa shape index (κ2) is 12.3. The van der Waals surface area contributed by atoms with Crippen molar-refractivity contribution in [3.05, 3.63) is 89.6 Å². The van der Waals surface area contributed by atoms with E-state index < -0.39 is 5.97 Å². The van der Waals surface area contributed by atoms with Crippen molar-refractivity contribution < 1.29 is 24.2 Å². The number of pyridine rings is 1. The molecule has 0 aliphatic rings. The number of rotatable bonds is 10. The molecule has 38 heavy (non-hydrogen) atoms. The second-order valence-electron chi connectivity index (χ2n) is 9.10. The summed E-state index contributed by atoms with van der Waals surface area (Å²) >= 11 is 0. The predicted molar refractivity (Wildman–Crippen MR) is 148 cm³/mol. The highest BCUT2D eigenvalue weighted by molar-refractivity contribution is 6.04. The molecule has 0 saturated heterocycles. The van der Waals surface area contributed by atoms with Crippen LogP contribution in [0.3, 0.4) is 0 Å². The summed E-state index contributed by atoms with van der Waals surface area (Å²) in [6.45, 7) is 2.40. The minimum atomic E-state index is -0.422. The number of aryl methyl sites for hydroxylation is 1. The Morgan fingerprint density at radius 3 is 2.37 bits per heavy atom. The van der Waals surface area contributed by atoms with Crippen molar-refractivity contribution in [3.63, 3.8) is 0 Å². The van der Waals surface area contributed by atoms with Gasteiger partial charge in [0.15, 0.2) is 0 Å².